The lowest BCUT2D eigenvalue weighted by molar-refractivity contribution is 0.118. The Bertz CT molecular complexity index is 251. The predicted octanol–water partition coefficient (Wildman–Crippen LogP) is 3.81. The van der Waals surface area contributed by atoms with Crippen molar-refractivity contribution in [2.24, 2.45) is 5.92 Å². The molecule has 0 amide bonds. The van der Waals surface area contributed by atoms with Crippen LogP contribution in [0.3, 0.4) is 0 Å². The van der Waals surface area contributed by atoms with Crippen molar-refractivity contribution in [2.45, 2.75) is 70.1 Å². The Kier molecular flexibility index (Phi) is 5.28. The molecule has 0 aromatic rings. The first kappa shape index (κ1) is 14.5. The number of rotatable bonds is 6. The molecule has 1 saturated heterocycles. The van der Waals surface area contributed by atoms with Crippen LogP contribution in [-0.2, 0) is 4.43 Å². The summed E-state index contributed by atoms with van der Waals surface area (Å²) in [5.74, 6) is 1.05. The van der Waals surface area contributed by atoms with Crippen LogP contribution in [0.1, 0.15) is 51.4 Å². The van der Waals surface area contributed by atoms with Gasteiger partial charge in [0.05, 0.1) is 0 Å². The smallest absolute Gasteiger partial charge is 0.203 e. The van der Waals surface area contributed by atoms with Crippen LogP contribution in [0.15, 0.2) is 0 Å². The number of hydrogen-bond acceptors (Lipinski definition) is 2. The summed E-state index contributed by atoms with van der Waals surface area (Å²) in [5.41, 5.74) is 0.786. The monoisotopic (exact) mass is 269 g/mol. The SMILES string of the molecule is CO[Si](C)(C)C1CCN1CCCC1CCCCC1. The average molecular weight is 270 g/mol. The van der Waals surface area contributed by atoms with E-state index in [1.165, 1.54) is 64.5 Å². The van der Waals surface area contributed by atoms with Gasteiger partial charge < -0.3 is 9.33 Å². The molecule has 1 heterocycles. The second-order valence-electron chi connectivity index (χ2n) is 6.79. The molecule has 0 N–H and O–H groups in total. The number of likely N-dealkylation sites (tertiary alicyclic amines) is 1. The molecule has 2 aliphatic rings. The van der Waals surface area contributed by atoms with E-state index >= 15 is 0 Å². The van der Waals surface area contributed by atoms with Crippen molar-refractivity contribution in [3.8, 4) is 0 Å². The second kappa shape index (κ2) is 6.53. The van der Waals surface area contributed by atoms with Gasteiger partial charge in [-0.2, -0.15) is 0 Å². The Balaban J connectivity index is 1.64. The topological polar surface area (TPSA) is 12.5 Å². The van der Waals surface area contributed by atoms with Gasteiger partial charge in [0.15, 0.2) is 0 Å². The fourth-order valence-corrected chi connectivity index (χ4v) is 5.92. The molecule has 0 spiro atoms. The molecule has 2 fully saturated rings. The first-order chi connectivity index (χ1) is 8.63. The van der Waals surface area contributed by atoms with E-state index in [9.17, 15) is 0 Å². The Morgan fingerprint density at radius 3 is 2.39 bits per heavy atom. The Morgan fingerprint density at radius 2 is 1.83 bits per heavy atom. The Morgan fingerprint density at radius 1 is 1.11 bits per heavy atom. The van der Waals surface area contributed by atoms with E-state index in [0.29, 0.717) is 0 Å². The van der Waals surface area contributed by atoms with Gasteiger partial charge in [0.25, 0.3) is 0 Å². The normalized spacial score (nSPS) is 27.2. The first-order valence-electron chi connectivity index (χ1n) is 7.92. The highest BCUT2D eigenvalue weighted by atomic mass is 28.4. The molecule has 0 aromatic heterocycles. The number of hydrogen-bond donors (Lipinski definition) is 0. The molecule has 2 rings (SSSR count). The molecular formula is C15H31NOSi. The van der Waals surface area contributed by atoms with E-state index in [0.717, 1.165) is 11.6 Å². The lowest BCUT2D eigenvalue weighted by atomic mass is 9.86. The summed E-state index contributed by atoms with van der Waals surface area (Å²) < 4.78 is 5.77. The summed E-state index contributed by atoms with van der Waals surface area (Å²) in [5, 5.41) is 0. The van der Waals surface area contributed by atoms with Crippen LogP contribution in [0.5, 0.6) is 0 Å². The Hall–Kier alpha value is 0.137. The van der Waals surface area contributed by atoms with Gasteiger partial charge in [-0.3, -0.25) is 0 Å². The fourth-order valence-electron chi connectivity index (χ4n) is 3.69. The molecule has 1 unspecified atom stereocenters. The average Bonchev–Trinajstić information content (AvgIpc) is 2.34. The van der Waals surface area contributed by atoms with E-state index in [4.69, 9.17) is 4.43 Å². The van der Waals surface area contributed by atoms with Crippen LogP contribution >= 0.6 is 0 Å². The third kappa shape index (κ3) is 3.58. The molecule has 1 saturated carbocycles. The second-order valence-corrected chi connectivity index (χ2v) is 11.1. The van der Waals surface area contributed by atoms with E-state index < -0.39 is 8.32 Å². The molecule has 1 atom stereocenters. The van der Waals surface area contributed by atoms with E-state index in [2.05, 4.69) is 18.0 Å². The molecule has 0 radical (unpaired) electrons. The molecule has 1 aliphatic carbocycles. The van der Waals surface area contributed by atoms with Crippen LogP contribution < -0.4 is 0 Å². The molecule has 0 aromatic carbocycles. The van der Waals surface area contributed by atoms with E-state index in [1.54, 1.807) is 0 Å². The van der Waals surface area contributed by atoms with Crippen molar-refractivity contribution in [3.63, 3.8) is 0 Å². The van der Waals surface area contributed by atoms with Crippen molar-refractivity contribution < 1.29 is 4.43 Å². The molecule has 106 valence electrons. The summed E-state index contributed by atoms with van der Waals surface area (Å²) in [4.78, 5) is 2.69. The quantitative estimate of drug-likeness (QED) is 0.680. The summed E-state index contributed by atoms with van der Waals surface area (Å²) in [6.45, 7) is 7.37. The highest BCUT2D eigenvalue weighted by molar-refractivity contribution is 6.72. The highest BCUT2D eigenvalue weighted by Crippen LogP contribution is 2.30. The van der Waals surface area contributed by atoms with Crippen LogP contribution in [0, 0.1) is 5.92 Å². The van der Waals surface area contributed by atoms with Gasteiger partial charge in [0.2, 0.25) is 8.32 Å². The zero-order chi connectivity index (χ0) is 13.0. The minimum Gasteiger partial charge on any atom is -0.419 e. The molecule has 0 bridgehead atoms. The standard InChI is InChI=1S/C15H31NOSi/c1-17-18(2,3)15-11-13-16(15)12-7-10-14-8-5-4-6-9-14/h14-15H,4-13H2,1-3H3. The van der Waals surface area contributed by atoms with Gasteiger partial charge in [-0.1, -0.05) is 32.1 Å². The molecular weight excluding hydrogens is 238 g/mol. The van der Waals surface area contributed by atoms with Gasteiger partial charge in [0.1, 0.15) is 0 Å². The number of nitrogens with zero attached hydrogens (tertiary/aromatic N) is 1. The zero-order valence-electron chi connectivity index (χ0n) is 12.6. The van der Waals surface area contributed by atoms with Crippen molar-refractivity contribution in [1.82, 2.24) is 4.90 Å². The largest absolute Gasteiger partial charge is 0.419 e. The fraction of sp³-hybridized carbons (Fsp3) is 1.00. The van der Waals surface area contributed by atoms with Gasteiger partial charge in [-0.15, -0.1) is 0 Å². The van der Waals surface area contributed by atoms with Gasteiger partial charge in [-0.25, -0.2) is 0 Å². The van der Waals surface area contributed by atoms with E-state index in [-0.39, 0.29) is 0 Å². The third-order valence-corrected chi connectivity index (χ3v) is 8.55. The third-order valence-electron chi connectivity index (χ3n) is 5.24. The summed E-state index contributed by atoms with van der Waals surface area (Å²) >= 11 is 0. The first-order valence-corrected chi connectivity index (χ1v) is 10.9. The predicted molar refractivity (Wildman–Crippen MR) is 80.3 cm³/mol. The van der Waals surface area contributed by atoms with Crippen molar-refractivity contribution in [3.05, 3.63) is 0 Å². The van der Waals surface area contributed by atoms with Gasteiger partial charge >= 0.3 is 0 Å². The van der Waals surface area contributed by atoms with Crippen LogP contribution in [-0.4, -0.2) is 39.1 Å². The molecule has 18 heavy (non-hydrogen) atoms. The lowest BCUT2D eigenvalue weighted by Gasteiger charge is -2.48. The molecule has 2 nitrogen and oxygen atoms in total. The van der Waals surface area contributed by atoms with Gasteiger partial charge in [0, 0.05) is 12.8 Å². The van der Waals surface area contributed by atoms with Crippen LogP contribution in [0.2, 0.25) is 13.1 Å². The summed E-state index contributed by atoms with van der Waals surface area (Å²) in [6, 6.07) is 0. The minimum atomic E-state index is -1.42. The van der Waals surface area contributed by atoms with Crippen molar-refractivity contribution >= 4 is 8.32 Å². The maximum Gasteiger partial charge on any atom is 0.203 e. The van der Waals surface area contributed by atoms with Crippen LogP contribution in [0.25, 0.3) is 0 Å². The molecule has 3 heteroatoms. The van der Waals surface area contributed by atoms with E-state index in [1.807, 2.05) is 7.11 Å². The van der Waals surface area contributed by atoms with Crippen molar-refractivity contribution in [1.29, 1.82) is 0 Å². The Labute approximate surface area is 114 Å². The highest BCUT2D eigenvalue weighted by Gasteiger charge is 2.42. The minimum absolute atomic E-state index is 0.786. The summed E-state index contributed by atoms with van der Waals surface area (Å²) in [6.07, 6.45) is 11.7. The lowest BCUT2D eigenvalue weighted by Crippen LogP contribution is -2.62. The summed E-state index contributed by atoms with van der Waals surface area (Å²) in [7, 11) is 0.487. The maximum absolute atomic E-state index is 5.77. The maximum atomic E-state index is 5.77. The van der Waals surface area contributed by atoms with Gasteiger partial charge in [-0.05, 0) is 51.4 Å². The van der Waals surface area contributed by atoms with Crippen LogP contribution in [0.4, 0.5) is 0 Å². The molecule has 1 aliphatic heterocycles. The zero-order valence-corrected chi connectivity index (χ0v) is 13.6. The van der Waals surface area contributed by atoms with Crippen molar-refractivity contribution in [2.75, 3.05) is 20.2 Å².